The number of benzene rings is 1. The first kappa shape index (κ1) is 8.54. The first-order valence-electron chi connectivity index (χ1n) is 5.21. The summed E-state index contributed by atoms with van der Waals surface area (Å²) in [5.74, 6) is 0. The molecule has 2 aromatic rings. The van der Waals surface area contributed by atoms with Crippen molar-refractivity contribution in [2.75, 3.05) is 0 Å². The molecule has 0 amide bonds. The van der Waals surface area contributed by atoms with Crippen LogP contribution in [0.1, 0.15) is 12.0 Å². The second-order valence-corrected chi connectivity index (χ2v) is 3.87. The van der Waals surface area contributed by atoms with Crippen LogP contribution < -0.4 is 10.6 Å². The van der Waals surface area contributed by atoms with Crippen LogP contribution in [-0.4, -0.2) is 0 Å². The van der Waals surface area contributed by atoms with E-state index in [1.54, 1.807) is 0 Å². The highest BCUT2D eigenvalue weighted by Crippen LogP contribution is 2.13. The van der Waals surface area contributed by atoms with Crippen LogP contribution in [0.25, 0.3) is 23.1 Å². The van der Waals surface area contributed by atoms with Gasteiger partial charge in [-0.1, -0.05) is 36.4 Å². The molecule has 0 aliphatic heterocycles. The highest BCUT2D eigenvalue weighted by molar-refractivity contribution is 5.82. The van der Waals surface area contributed by atoms with Crippen molar-refractivity contribution in [2.45, 2.75) is 13.3 Å². The Morgan fingerprint density at radius 3 is 3.13 bits per heavy atom. The fraction of sp³-hybridized carbons (Fsp3) is 0.143. The van der Waals surface area contributed by atoms with Crippen molar-refractivity contribution in [2.24, 2.45) is 0 Å². The highest BCUT2D eigenvalue weighted by Gasteiger charge is 2.04. The van der Waals surface area contributed by atoms with Crippen LogP contribution in [0.5, 0.6) is 0 Å². The van der Waals surface area contributed by atoms with Crippen molar-refractivity contribution >= 4 is 23.1 Å². The molecule has 1 aromatic carbocycles. The van der Waals surface area contributed by atoms with E-state index in [1.165, 1.54) is 16.2 Å². The van der Waals surface area contributed by atoms with Gasteiger partial charge in [0.15, 0.2) is 0 Å². The van der Waals surface area contributed by atoms with E-state index < -0.39 is 0 Å². The van der Waals surface area contributed by atoms with Gasteiger partial charge in [0, 0.05) is 10.6 Å². The third kappa shape index (κ3) is 1.23. The summed E-state index contributed by atoms with van der Waals surface area (Å²) in [5.41, 5.74) is 3.22. The molecule has 1 nitrogen and oxygen atoms in total. The third-order valence-corrected chi connectivity index (χ3v) is 2.82. The lowest BCUT2D eigenvalue weighted by Gasteiger charge is -1.91. The molecule has 1 aliphatic carbocycles. The van der Waals surface area contributed by atoms with E-state index in [0.717, 1.165) is 17.4 Å². The molecule has 1 aliphatic rings. The minimum atomic E-state index is 0.947. The van der Waals surface area contributed by atoms with Crippen molar-refractivity contribution in [3.05, 3.63) is 46.5 Å². The average molecular weight is 196 g/mol. The molecular formula is C14H12O. The minimum absolute atomic E-state index is 0.947. The molecule has 1 aromatic heterocycles. The van der Waals surface area contributed by atoms with E-state index in [0.29, 0.717) is 0 Å². The Morgan fingerprint density at radius 2 is 2.20 bits per heavy atom. The van der Waals surface area contributed by atoms with E-state index in [-0.39, 0.29) is 0 Å². The predicted octanol–water partition coefficient (Wildman–Crippen LogP) is 2.26. The van der Waals surface area contributed by atoms with E-state index in [9.17, 15) is 0 Å². The van der Waals surface area contributed by atoms with Crippen LogP contribution in [-0.2, 0) is 0 Å². The van der Waals surface area contributed by atoms with Gasteiger partial charge in [-0.05, 0) is 25.0 Å². The molecule has 0 saturated heterocycles. The van der Waals surface area contributed by atoms with Gasteiger partial charge in [-0.3, -0.25) is 0 Å². The number of fused-ring (bicyclic) bond motifs is 3. The van der Waals surface area contributed by atoms with E-state index in [4.69, 9.17) is 4.42 Å². The van der Waals surface area contributed by atoms with Gasteiger partial charge < -0.3 is 4.42 Å². The lowest BCUT2D eigenvalue weighted by molar-refractivity contribution is 0.572. The lowest BCUT2D eigenvalue weighted by atomic mass is 10.1. The second-order valence-electron chi connectivity index (χ2n) is 3.87. The summed E-state index contributed by atoms with van der Waals surface area (Å²) >= 11 is 0. The first-order valence-corrected chi connectivity index (χ1v) is 5.21. The van der Waals surface area contributed by atoms with Crippen molar-refractivity contribution in [1.82, 2.24) is 0 Å². The van der Waals surface area contributed by atoms with Gasteiger partial charge >= 0.3 is 0 Å². The second kappa shape index (κ2) is 3.13. The van der Waals surface area contributed by atoms with E-state index >= 15 is 0 Å². The third-order valence-electron chi connectivity index (χ3n) is 2.82. The number of aryl methyl sites for hydroxylation is 1. The molecule has 0 N–H and O–H groups in total. The Morgan fingerprint density at radius 1 is 1.27 bits per heavy atom. The molecule has 3 rings (SSSR count). The topological polar surface area (TPSA) is 13.1 Å². The molecular weight excluding hydrogens is 184 g/mol. The Balaban J connectivity index is 2.59. The zero-order valence-electron chi connectivity index (χ0n) is 8.66. The maximum atomic E-state index is 5.87. The minimum Gasteiger partial charge on any atom is -0.456 e. The van der Waals surface area contributed by atoms with Crippen LogP contribution in [0.15, 0.2) is 34.8 Å². The monoisotopic (exact) mass is 196 g/mol. The van der Waals surface area contributed by atoms with Crippen molar-refractivity contribution in [1.29, 1.82) is 0 Å². The largest absolute Gasteiger partial charge is 0.456 e. The first-order chi connectivity index (χ1) is 7.36. The van der Waals surface area contributed by atoms with Crippen LogP contribution in [0.3, 0.4) is 0 Å². The fourth-order valence-corrected chi connectivity index (χ4v) is 2.04. The molecule has 15 heavy (non-hydrogen) atoms. The molecule has 1 heterocycles. The lowest BCUT2D eigenvalue weighted by Crippen LogP contribution is -2.18. The smallest absolute Gasteiger partial charge is 0.138 e. The van der Waals surface area contributed by atoms with Crippen LogP contribution in [0, 0.1) is 6.92 Å². The van der Waals surface area contributed by atoms with Gasteiger partial charge in [-0.25, -0.2) is 0 Å². The standard InChI is InChI=1S/C14H12O/c1-10-6-5-8-12-11-7-3-2-4-9-13(11)15-14(10)12/h2-3,5-9H,4H2,1H3. The molecule has 0 saturated carbocycles. The number of hydrogen-bond acceptors (Lipinski definition) is 1. The summed E-state index contributed by atoms with van der Waals surface area (Å²) in [6.07, 6.45) is 9.44. The molecule has 0 atom stereocenters. The Labute approximate surface area is 88.0 Å². The Hall–Kier alpha value is -1.76. The van der Waals surface area contributed by atoms with Crippen LogP contribution >= 0.6 is 0 Å². The number of rotatable bonds is 0. The maximum absolute atomic E-state index is 5.87. The van der Waals surface area contributed by atoms with Gasteiger partial charge in [0.05, 0.1) is 0 Å². The zero-order valence-corrected chi connectivity index (χ0v) is 8.66. The van der Waals surface area contributed by atoms with Crippen molar-refractivity contribution in [3.63, 3.8) is 0 Å². The average Bonchev–Trinajstić information content (AvgIpc) is 2.45. The SMILES string of the molecule is Cc1cccc2c3c(oc12)=CCC=CC=3. The summed E-state index contributed by atoms with van der Waals surface area (Å²) < 4.78 is 5.87. The number of allylic oxidation sites excluding steroid dienone is 2. The molecule has 0 fully saturated rings. The van der Waals surface area contributed by atoms with Crippen molar-refractivity contribution < 1.29 is 4.42 Å². The summed E-state index contributed by atoms with van der Waals surface area (Å²) in [7, 11) is 0. The predicted molar refractivity (Wildman–Crippen MR) is 62.9 cm³/mol. The Kier molecular flexibility index (Phi) is 1.78. The van der Waals surface area contributed by atoms with Gasteiger partial charge in [0.25, 0.3) is 0 Å². The van der Waals surface area contributed by atoms with Gasteiger partial charge in [0.1, 0.15) is 11.0 Å². The van der Waals surface area contributed by atoms with Gasteiger partial charge in [-0.15, -0.1) is 0 Å². The zero-order chi connectivity index (χ0) is 10.3. The van der Waals surface area contributed by atoms with E-state index in [1.807, 2.05) is 0 Å². The molecule has 0 radical (unpaired) electrons. The number of para-hydroxylation sites is 1. The number of hydrogen-bond donors (Lipinski definition) is 0. The quantitative estimate of drug-likeness (QED) is 0.630. The van der Waals surface area contributed by atoms with Gasteiger partial charge in [-0.2, -0.15) is 0 Å². The summed E-state index contributed by atoms with van der Waals surface area (Å²) in [5, 5.41) is 2.43. The van der Waals surface area contributed by atoms with Crippen LogP contribution in [0.4, 0.5) is 0 Å². The molecule has 0 bridgehead atoms. The summed E-state index contributed by atoms with van der Waals surface area (Å²) in [6.45, 7) is 2.08. The van der Waals surface area contributed by atoms with Gasteiger partial charge in [0.2, 0.25) is 0 Å². The fourth-order valence-electron chi connectivity index (χ4n) is 2.04. The van der Waals surface area contributed by atoms with Crippen molar-refractivity contribution in [3.8, 4) is 0 Å². The van der Waals surface area contributed by atoms with E-state index in [2.05, 4.69) is 49.4 Å². The number of furan rings is 1. The normalized spacial score (nSPS) is 14.2. The molecule has 1 heteroatoms. The maximum Gasteiger partial charge on any atom is 0.138 e. The summed E-state index contributed by atoms with van der Waals surface area (Å²) in [4.78, 5) is 0. The highest BCUT2D eigenvalue weighted by atomic mass is 16.3. The summed E-state index contributed by atoms with van der Waals surface area (Å²) in [6, 6.07) is 6.28. The molecule has 74 valence electrons. The molecule has 0 unspecified atom stereocenters. The molecule has 0 spiro atoms. The van der Waals surface area contributed by atoms with Crippen LogP contribution in [0.2, 0.25) is 0 Å². The Bertz CT molecular complexity index is 656.